The van der Waals surface area contributed by atoms with Gasteiger partial charge in [0.2, 0.25) is 0 Å². The smallest absolute Gasteiger partial charge is 0.139 e. The molecule has 106 valence electrons. The van der Waals surface area contributed by atoms with E-state index in [2.05, 4.69) is 38.1 Å². The minimum Gasteiger partial charge on any atom is -0.391 e. The van der Waals surface area contributed by atoms with Gasteiger partial charge in [-0.15, -0.1) is 0 Å². The van der Waals surface area contributed by atoms with Crippen molar-refractivity contribution in [1.29, 1.82) is 0 Å². The summed E-state index contributed by atoms with van der Waals surface area (Å²) >= 11 is 0. The molecule has 4 rings (SSSR count). The Morgan fingerprint density at radius 3 is 2.35 bits per heavy atom. The topological polar surface area (TPSA) is 21.6 Å². The molecular formula is C18H23NO. The van der Waals surface area contributed by atoms with Crippen molar-refractivity contribution < 1.29 is 4.84 Å². The molecule has 1 aromatic rings. The van der Waals surface area contributed by atoms with Crippen LogP contribution in [0.25, 0.3) is 0 Å². The lowest BCUT2D eigenvalue weighted by atomic mass is 9.54. The maximum atomic E-state index is 5.82. The Labute approximate surface area is 121 Å². The van der Waals surface area contributed by atoms with Crippen molar-refractivity contribution >= 4 is 5.71 Å². The summed E-state index contributed by atoms with van der Waals surface area (Å²) in [5.74, 6) is 2.18. The van der Waals surface area contributed by atoms with Crippen molar-refractivity contribution in [3.05, 3.63) is 34.4 Å². The normalized spacial score (nSPS) is 34.6. The zero-order valence-corrected chi connectivity index (χ0v) is 12.6. The summed E-state index contributed by atoms with van der Waals surface area (Å²) in [6, 6.07) is 4.55. The van der Waals surface area contributed by atoms with E-state index < -0.39 is 0 Å². The predicted molar refractivity (Wildman–Crippen MR) is 81.0 cm³/mol. The second-order valence-electron chi connectivity index (χ2n) is 6.96. The third kappa shape index (κ3) is 1.60. The molecule has 1 heterocycles. The highest BCUT2D eigenvalue weighted by Gasteiger charge is 2.58. The van der Waals surface area contributed by atoms with E-state index >= 15 is 0 Å². The Kier molecular flexibility index (Phi) is 2.70. The molecule has 0 radical (unpaired) electrons. The Morgan fingerprint density at radius 1 is 1.00 bits per heavy atom. The van der Waals surface area contributed by atoms with Gasteiger partial charge >= 0.3 is 0 Å². The first-order valence-electron chi connectivity index (χ1n) is 7.99. The monoisotopic (exact) mass is 269 g/mol. The highest BCUT2D eigenvalue weighted by molar-refractivity contribution is 6.06. The van der Waals surface area contributed by atoms with E-state index in [-0.39, 0.29) is 0 Å². The summed E-state index contributed by atoms with van der Waals surface area (Å²) < 4.78 is 0. The van der Waals surface area contributed by atoms with Crippen molar-refractivity contribution in [3.8, 4) is 0 Å². The quantitative estimate of drug-likeness (QED) is 0.750. The fraction of sp³-hybridized carbons (Fsp3) is 0.611. The Morgan fingerprint density at radius 2 is 1.65 bits per heavy atom. The van der Waals surface area contributed by atoms with Crippen LogP contribution in [0.1, 0.15) is 47.9 Å². The van der Waals surface area contributed by atoms with Gasteiger partial charge in [0.15, 0.2) is 0 Å². The first-order valence-corrected chi connectivity index (χ1v) is 7.99. The number of hydrogen-bond donors (Lipinski definition) is 0. The number of rotatable bonds is 1. The number of fused-ring (bicyclic) bond motifs is 4. The molecule has 20 heavy (non-hydrogen) atoms. The lowest BCUT2D eigenvalue weighted by Crippen LogP contribution is -2.53. The molecule has 2 fully saturated rings. The van der Waals surface area contributed by atoms with Gasteiger partial charge in [-0.3, -0.25) is 0 Å². The molecule has 2 nitrogen and oxygen atoms in total. The van der Waals surface area contributed by atoms with Crippen LogP contribution in [0.2, 0.25) is 0 Å². The lowest BCUT2D eigenvalue weighted by molar-refractivity contribution is -0.108. The fourth-order valence-corrected chi connectivity index (χ4v) is 4.88. The Balaban J connectivity index is 1.71. The first-order chi connectivity index (χ1) is 9.66. The lowest BCUT2D eigenvalue weighted by Gasteiger charge is -2.49. The van der Waals surface area contributed by atoms with Gasteiger partial charge in [0.1, 0.15) is 6.10 Å². The highest BCUT2D eigenvalue weighted by atomic mass is 16.6. The van der Waals surface area contributed by atoms with E-state index in [1.807, 2.05) is 0 Å². The van der Waals surface area contributed by atoms with Gasteiger partial charge in [0, 0.05) is 17.4 Å². The standard InChI is InChI=1S/C18H23NO/c1-10-8-11(2)15(12(3)9-10)17-16-13-6-4-5-7-14(13)18(16)20-19-17/h8-9,13-14,16,18H,4-7H2,1-3H3/t13-,14+,16?,18?/m0/s1. The molecule has 1 aliphatic heterocycles. The summed E-state index contributed by atoms with van der Waals surface area (Å²) in [4.78, 5) is 5.82. The number of benzene rings is 1. The largest absolute Gasteiger partial charge is 0.391 e. The zero-order valence-electron chi connectivity index (χ0n) is 12.6. The summed E-state index contributed by atoms with van der Waals surface area (Å²) in [5, 5.41) is 4.52. The highest BCUT2D eigenvalue weighted by Crippen LogP contribution is 2.54. The van der Waals surface area contributed by atoms with Crippen LogP contribution in [-0.4, -0.2) is 11.8 Å². The molecule has 3 aliphatic rings. The minimum absolute atomic E-state index is 0.385. The van der Waals surface area contributed by atoms with E-state index in [1.165, 1.54) is 53.6 Å². The Bertz CT molecular complexity index is 566. The van der Waals surface area contributed by atoms with Gasteiger partial charge < -0.3 is 4.84 Å². The van der Waals surface area contributed by atoms with Crippen LogP contribution >= 0.6 is 0 Å². The summed E-state index contributed by atoms with van der Waals surface area (Å²) in [7, 11) is 0. The van der Waals surface area contributed by atoms with E-state index in [0.717, 1.165) is 11.8 Å². The Hall–Kier alpha value is -1.31. The number of hydrogen-bond acceptors (Lipinski definition) is 2. The number of nitrogens with zero attached hydrogens (tertiary/aromatic N) is 1. The summed E-state index contributed by atoms with van der Waals surface area (Å²) in [6.07, 6.45) is 5.88. The van der Waals surface area contributed by atoms with E-state index in [4.69, 9.17) is 4.84 Å². The van der Waals surface area contributed by atoms with Crippen LogP contribution in [0.5, 0.6) is 0 Å². The minimum atomic E-state index is 0.385. The average Bonchev–Trinajstić information content (AvgIpc) is 2.74. The first kappa shape index (κ1) is 12.4. The molecule has 1 aromatic carbocycles. The molecule has 0 N–H and O–H groups in total. The van der Waals surface area contributed by atoms with Crippen LogP contribution in [0.4, 0.5) is 0 Å². The van der Waals surface area contributed by atoms with Crippen molar-refractivity contribution in [1.82, 2.24) is 0 Å². The van der Waals surface area contributed by atoms with Crippen LogP contribution in [0.15, 0.2) is 17.3 Å². The van der Waals surface area contributed by atoms with Gasteiger partial charge in [-0.25, -0.2) is 0 Å². The summed E-state index contributed by atoms with van der Waals surface area (Å²) in [5.41, 5.74) is 6.64. The maximum Gasteiger partial charge on any atom is 0.139 e. The van der Waals surface area contributed by atoms with Crippen LogP contribution in [0, 0.1) is 38.5 Å². The van der Waals surface area contributed by atoms with Crippen LogP contribution < -0.4 is 0 Å². The van der Waals surface area contributed by atoms with E-state index in [9.17, 15) is 0 Å². The molecule has 2 unspecified atom stereocenters. The van der Waals surface area contributed by atoms with Crippen LogP contribution in [-0.2, 0) is 4.84 Å². The molecule has 0 bridgehead atoms. The van der Waals surface area contributed by atoms with Crippen molar-refractivity contribution in [2.45, 2.75) is 52.6 Å². The van der Waals surface area contributed by atoms with Crippen molar-refractivity contribution in [3.63, 3.8) is 0 Å². The molecule has 0 spiro atoms. The fourth-order valence-electron chi connectivity index (χ4n) is 4.88. The number of oxime groups is 1. The molecule has 0 aromatic heterocycles. The summed E-state index contributed by atoms with van der Waals surface area (Å²) in [6.45, 7) is 6.59. The molecule has 0 amide bonds. The predicted octanol–water partition coefficient (Wildman–Crippen LogP) is 4.15. The van der Waals surface area contributed by atoms with Crippen molar-refractivity contribution in [2.24, 2.45) is 22.9 Å². The van der Waals surface area contributed by atoms with E-state index in [1.54, 1.807) is 0 Å². The second-order valence-corrected chi connectivity index (χ2v) is 6.96. The van der Waals surface area contributed by atoms with Gasteiger partial charge in [-0.05, 0) is 50.7 Å². The third-order valence-electron chi connectivity index (χ3n) is 5.63. The van der Waals surface area contributed by atoms with Gasteiger partial charge in [0.25, 0.3) is 0 Å². The maximum absolute atomic E-state index is 5.82. The van der Waals surface area contributed by atoms with Gasteiger partial charge in [0.05, 0.1) is 5.71 Å². The zero-order chi connectivity index (χ0) is 13.9. The average molecular weight is 269 g/mol. The van der Waals surface area contributed by atoms with E-state index in [0.29, 0.717) is 12.0 Å². The molecule has 2 heteroatoms. The molecule has 4 atom stereocenters. The SMILES string of the molecule is Cc1cc(C)c(C2=NOC3C2[C@H]2CCCC[C@@H]32)c(C)c1. The van der Waals surface area contributed by atoms with Gasteiger partial charge in [-0.1, -0.05) is 35.7 Å². The van der Waals surface area contributed by atoms with Crippen molar-refractivity contribution in [2.75, 3.05) is 0 Å². The number of aryl methyl sites for hydroxylation is 3. The second kappa shape index (κ2) is 4.34. The molecule has 2 aliphatic carbocycles. The molecular weight excluding hydrogens is 246 g/mol. The molecule has 0 saturated heterocycles. The molecule has 2 saturated carbocycles. The van der Waals surface area contributed by atoms with Crippen LogP contribution in [0.3, 0.4) is 0 Å². The third-order valence-corrected chi connectivity index (χ3v) is 5.63. The van der Waals surface area contributed by atoms with Gasteiger partial charge in [-0.2, -0.15) is 0 Å².